The number of rotatable bonds is 8. The Morgan fingerprint density at radius 1 is 1.03 bits per heavy atom. The van der Waals surface area contributed by atoms with Gasteiger partial charge in [-0.2, -0.15) is 4.31 Å². The van der Waals surface area contributed by atoms with E-state index in [-0.39, 0.29) is 17.3 Å². The molecule has 0 aliphatic heterocycles. The zero-order valence-corrected chi connectivity index (χ0v) is 20.6. The number of nitrogens with one attached hydrogen (secondary N) is 1. The van der Waals surface area contributed by atoms with Gasteiger partial charge in [0.25, 0.3) is 0 Å². The van der Waals surface area contributed by atoms with Crippen LogP contribution < -0.4 is 5.32 Å². The Morgan fingerprint density at radius 3 is 2.12 bits per heavy atom. The monoisotopic (exact) mass is 479 g/mol. The maximum absolute atomic E-state index is 13.2. The number of hydrogen-bond acceptors (Lipinski definition) is 4. The highest BCUT2D eigenvalue weighted by molar-refractivity contribution is 7.89. The number of amides is 2. The molecule has 174 valence electrons. The standard InChI is InChI=1S/C23H30ClN3O4S/c1-17(22(29)25-23(2,3)4)27(15-18-9-7-6-8-10-18)21(28)16-26(5)32(30,31)20-13-11-19(24)12-14-20/h6-14,17H,15-16H2,1-5H3,(H,25,29)/t17-/m1/s1. The molecule has 0 spiro atoms. The summed E-state index contributed by atoms with van der Waals surface area (Å²) in [6.07, 6.45) is 0. The molecule has 0 aromatic heterocycles. The summed E-state index contributed by atoms with van der Waals surface area (Å²) in [5, 5.41) is 3.29. The zero-order chi connectivity index (χ0) is 24.1. The van der Waals surface area contributed by atoms with Gasteiger partial charge in [-0.15, -0.1) is 0 Å². The molecular formula is C23H30ClN3O4S. The van der Waals surface area contributed by atoms with Crippen molar-refractivity contribution in [3.63, 3.8) is 0 Å². The van der Waals surface area contributed by atoms with Crippen molar-refractivity contribution in [2.24, 2.45) is 0 Å². The number of benzene rings is 2. The van der Waals surface area contributed by atoms with Crippen molar-refractivity contribution in [1.29, 1.82) is 0 Å². The van der Waals surface area contributed by atoms with Gasteiger partial charge in [0.1, 0.15) is 6.04 Å². The van der Waals surface area contributed by atoms with Crippen LogP contribution in [0.25, 0.3) is 0 Å². The first-order chi connectivity index (χ1) is 14.8. The molecule has 32 heavy (non-hydrogen) atoms. The maximum Gasteiger partial charge on any atom is 0.243 e. The first-order valence-electron chi connectivity index (χ1n) is 10.2. The molecule has 7 nitrogen and oxygen atoms in total. The Kier molecular flexibility index (Phi) is 8.45. The van der Waals surface area contributed by atoms with Crippen molar-refractivity contribution >= 4 is 33.4 Å². The van der Waals surface area contributed by atoms with E-state index in [4.69, 9.17) is 11.6 Å². The molecule has 2 aromatic carbocycles. The van der Waals surface area contributed by atoms with E-state index in [1.165, 1.54) is 36.2 Å². The fourth-order valence-corrected chi connectivity index (χ4v) is 4.24. The third kappa shape index (κ3) is 7.05. The molecule has 2 rings (SSSR count). The second-order valence-electron chi connectivity index (χ2n) is 8.64. The molecular weight excluding hydrogens is 450 g/mol. The van der Waals surface area contributed by atoms with Gasteiger partial charge in [0.2, 0.25) is 21.8 Å². The van der Waals surface area contributed by atoms with Crippen LogP contribution in [0.3, 0.4) is 0 Å². The van der Waals surface area contributed by atoms with Gasteiger partial charge in [-0.05, 0) is 57.5 Å². The summed E-state index contributed by atoms with van der Waals surface area (Å²) in [6.45, 7) is 6.96. The minimum atomic E-state index is -3.91. The Hall–Kier alpha value is -2.42. The number of sulfonamides is 1. The normalized spacial score (nSPS) is 13.0. The van der Waals surface area contributed by atoms with Crippen molar-refractivity contribution in [3.8, 4) is 0 Å². The van der Waals surface area contributed by atoms with E-state index in [0.29, 0.717) is 5.02 Å². The van der Waals surface area contributed by atoms with Gasteiger partial charge in [-0.25, -0.2) is 8.42 Å². The number of carbonyl (C=O) groups excluding carboxylic acids is 2. The van der Waals surface area contributed by atoms with E-state index in [2.05, 4.69) is 5.32 Å². The molecule has 0 unspecified atom stereocenters. The summed E-state index contributed by atoms with van der Waals surface area (Å²) in [7, 11) is -2.57. The fourth-order valence-electron chi connectivity index (χ4n) is 2.99. The number of carbonyl (C=O) groups is 2. The van der Waals surface area contributed by atoms with Crippen LogP contribution in [0.4, 0.5) is 0 Å². The van der Waals surface area contributed by atoms with E-state index < -0.39 is 34.1 Å². The third-order valence-electron chi connectivity index (χ3n) is 4.74. The quantitative estimate of drug-likeness (QED) is 0.629. The SMILES string of the molecule is C[C@H](C(=O)NC(C)(C)C)N(Cc1ccccc1)C(=O)CN(C)S(=O)(=O)c1ccc(Cl)cc1. The highest BCUT2D eigenvalue weighted by Crippen LogP contribution is 2.18. The molecule has 2 amide bonds. The Morgan fingerprint density at radius 2 is 1.59 bits per heavy atom. The first-order valence-corrected chi connectivity index (χ1v) is 12.0. The molecule has 0 saturated carbocycles. The van der Waals surface area contributed by atoms with Crippen LogP contribution in [0.2, 0.25) is 5.02 Å². The van der Waals surface area contributed by atoms with E-state index >= 15 is 0 Å². The largest absolute Gasteiger partial charge is 0.350 e. The lowest BCUT2D eigenvalue weighted by Crippen LogP contribution is -2.54. The third-order valence-corrected chi connectivity index (χ3v) is 6.81. The van der Waals surface area contributed by atoms with Crippen LogP contribution in [0.15, 0.2) is 59.5 Å². The zero-order valence-electron chi connectivity index (χ0n) is 19.0. The van der Waals surface area contributed by atoms with Gasteiger partial charge in [-0.3, -0.25) is 9.59 Å². The smallest absolute Gasteiger partial charge is 0.243 e. The summed E-state index contributed by atoms with van der Waals surface area (Å²) in [4.78, 5) is 27.4. The first kappa shape index (κ1) is 25.8. The average molecular weight is 480 g/mol. The van der Waals surface area contributed by atoms with Gasteiger partial charge in [0.05, 0.1) is 11.4 Å². The summed E-state index contributed by atoms with van der Waals surface area (Å²) in [6, 6.07) is 14.2. The molecule has 9 heteroatoms. The predicted molar refractivity (Wildman–Crippen MR) is 126 cm³/mol. The second-order valence-corrected chi connectivity index (χ2v) is 11.1. The van der Waals surface area contributed by atoms with Crippen LogP contribution in [0.1, 0.15) is 33.3 Å². The summed E-state index contributed by atoms with van der Waals surface area (Å²) in [5.74, 6) is -0.796. The highest BCUT2D eigenvalue weighted by atomic mass is 35.5. The lowest BCUT2D eigenvalue weighted by molar-refractivity contribution is -0.141. The lowest BCUT2D eigenvalue weighted by atomic mass is 10.1. The summed E-state index contributed by atoms with van der Waals surface area (Å²) >= 11 is 5.85. The van der Waals surface area contributed by atoms with Crippen LogP contribution in [-0.4, -0.2) is 54.6 Å². The highest BCUT2D eigenvalue weighted by Gasteiger charge is 2.31. The Balaban J connectivity index is 2.26. The second kappa shape index (κ2) is 10.5. The average Bonchev–Trinajstić information content (AvgIpc) is 2.71. The van der Waals surface area contributed by atoms with Crippen molar-refractivity contribution in [2.45, 2.75) is 50.7 Å². The molecule has 1 N–H and O–H groups in total. The van der Waals surface area contributed by atoms with E-state index in [9.17, 15) is 18.0 Å². The molecule has 2 aromatic rings. The minimum Gasteiger partial charge on any atom is -0.350 e. The van der Waals surface area contributed by atoms with Crippen LogP contribution >= 0.6 is 11.6 Å². The molecule has 0 fully saturated rings. The molecule has 0 bridgehead atoms. The molecule has 0 radical (unpaired) electrons. The number of nitrogens with zero attached hydrogens (tertiary/aromatic N) is 2. The van der Waals surface area contributed by atoms with E-state index in [1.807, 2.05) is 51.1 Å². The van der Waals surface area contributed by atoms with Crippen molar-refractivity contribution in [2.75, 3.05) is 13.6 Å². The molecule has 0 aliphatic rings. The van der Waals surface area contributed by atoms with Gasteiger partial charge < -0.3 is 10.2 Å². The predicted octanol–water partition coefficient (Wildman–Crippen LogP) is 3.29. The number of halogens is 1. The van der Waals surface area contributed by atoms with Crippen LogP contribution in [0.5, 0.6) is 0 Å². The van der Waals surface area contributed by atoms with Crippen molar-refractivity contribution < 1.29 is 18.0 Å². The topological polar surface area (TPSA) is 86.8 Å². The van der Waals surface area contributed by atoms with Gasteiger partial charge >= 0.3 is 0 Å². The molecule has 0 saturated heterocycles. The number of hydrogen-bond donors (Lipinski definition) is 1. The van der Waals surface area contributed by atoms with Gasteiger partial charge in [0, 0.05) is 24.2 Å². The summed E-state index contributed by atoms with van der Waals surface area (Å²) < 4.78 is 26.7. The fraction of sp³-hybridized carbons (Fsp3) is 0.391. The Bertz CT molecular complexity index is 1040. The van der Waals surface area contributed by atoms with Gasteiger partial charge in [0.15, 0.2) is 0 Å². The summed E-state index contributed by atoms with van der Waals surface area (Å²) in [5.41, 5.74) is 0.362. The maximum atomic E-state index is 13.2. The van der Waals surface area contributed by atoms with Crippen molar-refractivity contribution in [3.05, 3.63) is 65.2 Å². The van der Waals surface area contributed by atoms with Crippen molar-refractivity contribution in [1.82, 2.24) is 14.5 Å². The number of likely N-dealkylation sites (N-methyl/N-ethyl adjacent to an activating group) is 1. The van der Waals surface area contributed by atoms with Crippen LogP contribution in [0, 0.1) is 0 Å². The Labute approximate surface area is 195 Å². The minimum absolute atomic E-state index is 0.0327. The van der Waals surface area contributed by atoms with E-state index in [1.54, 1.807) is 6.92 Å². The van der Waals surface area contributed by atoms with Crippen LogP contribution in [-0.2, 0) is 26.2 Å². The lowest BCUT2D eigenvalue weighted by Gasteiger charge is -2.32. The molecule has 0 aliphatic carbocycles. The molecule has 1 atom stereocenters. The van der Waals surface area contributed by atoms with Gasteiger partial charge in [-0.1, -0.05) is 41.9 Å². The molecule has 0 heterocycles. The van der Waals surface area contributed by atoms with E-state index in [0.717, 1.165) is 9.87 Å².